The van der Waals surface area contributed by atoms with Crippen LogP contribution in [0.25, 0.3) is 0 Å². The molecule has 3 nitrogen and oxygen atoms in total. The molecule has 2 rings (SSSR count). The Kier molecular flexibility index (Phi) is 5.02. The fourth-order valence-corrected chi connectivity index (χ4v) is 2.16. The molecule has 0 aliphatic heterocycles. The fraction of sp³-hybridized carbons (Fsp3) is 0.600. The highest BCUT2D eigenvalue weighted by atomic mass is 16.3. The Bertz CT molecular complexity index is 368. The lowest BCUT2D eigenvalue weighted by atomic mass is 10.2. The maximum absolute atomic E-state index is 5.58. The van der Waals surface area contributed by atoms with Crippen LogP contribution in [-0.2, 0) is 13.1 Å². The minimum Gasteiger partial charge on any atom is -0.468 e. The summed E-state index contributed by atoms with van der Waals surface area (Å²) in [7, 11) is 0. The molecule has 1 aromatic heterocycles. The molecule has 0 amide bonds. The van der Waals surface area contributed by atoms with Gasteiger partial charge in [0.15, 0.2) is 0 Å². The molecule has 3 heteroatoms. The summed E-state index contributed by atoms with van der Waals surface area (Å²) in [6.45, 7) is 9.90. The highest BCUT2D eigenvalue weighted by molar-refractivity contribution is 5.17. The standard InChI is InChI=1S/C15H24N2O/c1-3-8-17(9-4-2)12-13-7-10-18-15(13)11-16-14-5-6-14/h3,7,10,14,16H,1,4-6,8-9,11-12H2,2H3. The van der Waals surface area contributed by atoms with Crippen LogP contribution in [0.5, 0.6) is 0 Å². The van der Waals surface area contributed by atoms with E-state index in [0.29, 0.717) is 0 Å². The average Bonchev–Trinajstić information content (AvgIpc) is 3.09. The van der Waals surface area contributed by atoms with Gasteiger partial charge in [0.25, 0.3) is 0 Å². The second kappa shape index (κ2) is 6.76. The molecule has 1 aliphatic rings. The second-order valence-corrected chi connectivity index (χ2v) is 5.05. The van der Waals surface area contributed by atoms with Crippen LogP contribution in [-0.4, -0.2) is 24.0 Å². The minimum absolute atomic E-state index is 0.725. The van der Waals surface area contributed by atoms with Crippen molar-refractivity contribution in [3.63, 3.8) is 0 Å². The predicted molar refractivity (Wildman–Crippen MR) is 74.3 cm³/mol. The summed E-state index contributed by atoms with van der Waals surface area (Å²) in [5.41, 5.74) is 1.30. The molecule has 1 N–H and O–H groups in total. The van der Waals surface area contributed by atoms with Crippen LogP contribution in [0.3, 0.4) is 0 Å². The van der Waals surface area contributed by atoms with Crippen molar-refractivity contribution in [2.24, 2.45) is 0 Å². The summed E-state index contributed by atoms with van der Waals surface area (Å²) in [5, 5.41) is 3.50. The third-order valence-electron chi connectivity index (χ3n) is 3.29. The lowest BCUT2D eigenvalue weighted by Crippen LogP contribution is -2.25. The second-order valence-electron chi connectivity index (χ2n) is 5.05. The fourth-order valence-electron chi connectivity index (χ4n) is 2.16. The van der Waals surface area contributed by atoms with Gasteiger partial charge in [-0.3, -0.25) is 4.90 Å². The van der Waals surface area contributed by atoms with Crippen molar-refractivity contribution in [3.05, 3.63) is 36.3 Å². The van der Waals surface area contributed by atoms with Crippen LogP contribution in [0.1, 0.15) is 37.5 Å². The van der Waals surface area contributed by atoms with Crippen LogP contribution in [0.4, 0.5) is 0 Å². The van der Waals surface area contributed by atoms with Gasteiger partial charge in [0.2, 0.25) is 0 Å². The normalized spacial score (nSPS) is 15.2. The molecule has 0 unspecified atom stereocenters. The van der Waals surface area contributed by atoms with E-state index in [0.717, 1.165) is 38.0 Å². The lowest BCUT2D eigenvalue weighted by Gasteiger charge is -2.19. The van der Waals surface area contributed by atoms with E-state index in [1.807, 2.05) is 6.08 Å². The third kappa shape index (κ3) is 4.00. The molecule has 0 saturated heterocycles. The highest BCUT2D eigenvalue weighted by Crippen LogP contribution is 2.20. The molecule has 0 radical (unpaired) electrons. The highest BCUT2D eigenvalue weighted by Gasteiger charge is 2.21. The summed E-state index contributed by atoms with van der Waals surface area (Å²) in [5.74, 6) is 1.09. The molecule has 1 saturated carbocycles. The summed E-state index contributed by atoms with van der Waals surface area (Å²) < 4.78 is 5.58. The molecule has 0 atom stereocenters. The van der Waals surface area contributed by atoms with Gasteiger partial charge in [-0.15, -0.1) is 6.58 Å². The van der Waals surface area contributed by atoms with Gasteiger partial charge in [-0.25, -0.2) is 0 Å². The van der Waals surface area contributed by atoms with Gasteiger partial charge < -0.3 is 9.73 Å². The maximum atomic E-state index is 5.58. The third-order valence-corrected chi connectivity index (χ3v) is 3.29. The summed E-state index contributed by atoms with van der Waals surface area (Å²) >= 11 is 0. The summed E-state index contributed by atoms with van der Waals surface area (Å²) in [6.07, 6.45) is 7.57. The molecular weight excluding hydrogens is 224 g/mol. The Hall–Kier alpha value is -1.06. The van der Waals surface area contributed by atoms with Crippen LogP contribution in [0.15, 0.2) is 29.4 Å². The van der Waals surface area contributed by atoms with Gasteiger partial charge in [0, 0.05) is 24.7 Å². The molecule has 1 aromatic rings. The van der Waals surface area contributed by atoms with Gasteiger partial charge >= 0.3 is 0 Å². The van der Waals surface area contributed by atoms with Crippen molar-refractivity contribution in [2.45, 2.75) is 45.3 Å². The first-order valence-electron chi connectivity index (χ1n) is 6.95. The number of rotatable bonds is 9. The first-order chi connectivity index (χ1) is 8.83. The molecule has 1 aliphatic carbocycles. The topological polar surface area (TPSA) is 28.4 Å². The number of hydrogen-bond acceptors (Lipinski definition) is 3. The Balaban J connectivity index is 1.89. The molecule has 18 heavy (non-hydrogen) atoms. The van der Waals surface area contributed by atoms with E-state index in [2.05, 4.69) is 29.8 Å². The molecule has 0 aromatic carbocycles. The van der Waals surface area contributed by atoms with Crippen molar-refractivity contribution in [1.29, 1.82) is 0 Å². The van der Waals surface area contributed by atoms with Crippen LogP contribution < -0.4 is 5.32 Å². The van der Waals surface area contributed by atoms with E-state index in [9.17, 15) is 0 Å². The quantitative estimate of drug-likeness (QED) is 0.681. The van der Waals surface area contributed by atoms with E-state index < -0.39 is 0 Å². The number of nitrogens with zero attached hydrogens (tertiary/aromatic N) is 1. The van der Waals surface area contributed by atoms with Gasteiger partial charge in [0.1, 0.15) is 5.76 Å². The predicted octanol–water partition coefficient (Wildman–Crippen LogP) is 2.93. The zero-order valence-electron chi connectivity index (χ0n) is 11.3. The Morgan fingerprint density at radius 1 is 1.56 bits per heavy atom. The van der Waals surface area contributed by atoms with E-state index in [4.69, 9.17) is 4.42 Å². The zero-order valence-corrected chi connectivity index (χ0v) is 11.3. The molecule has 1 fully saturated rings. The molecule has 100 valence electrons. The van der Waals surface area contributed by atoms with Gasteiger partial charge in [0.05, 0.1) is 12.8 Å². The Labute approximate surface area is 110 Å². The molecule has 0 bridgehead atoms. The van der Waals surface area contributed by atoms with Crippen molar-refractivity contribution in [1.82, 2.24) is 10.2 Å². The molecular formula is C15H24N2O. The van der Waals surface area contributed by atoms with Crippen molar-refractivity contribution in [3.8, 4) is 0 Å². The number of furan rings is 1. The summed E-state index contributed by atoms with van der Waals surface area (Å²) in [4.78, 5) is 2.40. The first kappa shape index (κ1) is 13.4. The van der Waals surface area contributed by atoms with Gasteiger partial charge in [-0.2, -0.15) is 0 Å². The Morgan fingerprint density at radius 3 is 3.06 bits per heavy atom. The van der Waals surface area contributed by atoms with E-state index >= 15 is 0 Å². The SMILES string of the molecule is C=CCN(CCC)Cc1ccoc1CNC1CC1. The van der Waals surface area contributed by atoms with Gasteiger partial charge in [-0.05, 0) is 31.9 Å². The van der Waals surface area contributed by atoms with E-state index in [1.54, 1.807) is 6.26 Å². The smallest absolute Gasteiger partial charge is 0.122 e. The van der Waals surface area contributed by atoms with Crippen LogP contribution >= 0.6 is 0 Å². The number of nitrogens with one attached hydrogen (secondary N) is 1. The largest absolute Gasteiger partial charge is 0.468 e. The van der Waals surface area contributed by atoms with E-state index in [1.165, 1.54) is 24.8 Å². The van der Waals surface area contributed by atoms with Crippen LogP contribution in [0.2, 0.25) is 0 Å². The summed E-state index contributed by atoms with van der Waals surface area (Å²) in [6, 6.07) is 2.82. The monoisotopic (exact) mass is 248 g/mol. The lowest BCUT2D eigenvalue weighted by molar-refractivity contribution is 0.292. The first-order valence-corrected chi connectivity index (χ1v) is 6.95. The maximum Gasteiger partial charge on any atom is 0.122 e. The van der Waals surface area contributed by atoms with Crippen molar-refractivity contribution < 1.29 is 4.42 Å². The average molecular weight is 248 g/mol. The van der Waals surface area contributed by atoms with Gasteiger partial charge in [-0.1, -0.05) is 13.0 Å². The molecule has 1 heterocycles. The van der Waals surface area contributed by atoms with E-state index in [-0.39, 0.29) is 0 Å². The van der Waals surface area contributed by atoms with Crippen LogP contribution in [0, 0.1) is 0 Å². The number of hydrogen-bond donors (Lipinski definition) is 1. The Morgan fingerprint density at radius 2 is 2.39 bits per heavy atom. The van der Waals surface area contributed by atoms with Crippen molar-refractivity contribution >= 4 is 0 Å². The molecule has 0 spiro atoms. The zero-order chi connectivity index (χ0) is 12.8. The minimum atomic E-state index is 0.725. The van der Waals surface area contributed by atoms with Crippen molar-refractivity contribution in [2.75, 3.05) is 13.1 Å².